The first-order valence-electron chi connectivity index (χ1n) is 14.3. The average molecular weight is 577 g/mol. The van der Waals surface area contributed by atoms with Crippen molar-refractivity contribution >= 4 is 23.4 Å². The van der Waals surface area contributed by atoms with Crippen LogP contribution in [0, 0.1) is 0 Å². The van der Waals surface area contributed by atoms with Gasteiger partial charge in [-0.15, -0.1) is 0 Å². The van der Waals surface area contributed by atoms with Gasteiger partial charge in [0.1, 0.15) is 5.75 Å². The molecule has 8 heteroatoms. The summed E-state index contributed by atoms with van der Waals surface area (Å²) in [6.07, 6.45) is 1.62. The Morgan fingerprint density at radius 3 is 2.33 bits per heavy atom. The van der Waals surface area contributed by atoms with Crippen LogP contribution in [0.1, 0.15) is 74.1 Å². The molecule has 0 saturated carbocycles. The predicted molar refractivity (Wildman–Crippen MR) is 162 cm³/mol. The minimum absolute atomic E-state index is 0.0173. The minimum atomic E-state index is -0.471. The molecule has 2 heterocycles. The maximum absolute atomic E-state index is 13.8. The molecule has 0 bridgehead atoms. The van der Waals surface area contributed by atoms with Gasteiger partial charge in [0.05, 0.1) is 36.9 Å². The van der Waals surface area contributed by atoms with Crippen molar-refractivity contribution in [3.05, 3.63) is 118 Å². The number of amides is 3. The topological polar surface area (TPSA) is 96.4 Å². The summed E-state index contributed by atoms with van der Waals surface area (Å²) in [5.74, 6) is 0.00200. The van der Waals surface area contributed by atoms with E-state index >= 15 is 0 Å². The van der Waals surface area contributed by atoms with Crippen molar-refractivity contribution in [2.45, 2.75) is 45.4 Å². The molecule has 0 aliphatic carbocycles. The number of hydrogen-bond acceptors (Lipinski definition) is 6. The number of benzene rings is 4. The zero-order chi connectivity index (χ0) is 30.2. The lowest BCUT2D eigenvalue weighted by molar-refractivity contribution is 0.0642. The number of nitrogens with zero attached hydrogens (tertiary/aromatic N) is 2. The van der Waals surface area contributed by atoms with E-state index in [4.69, 9.17) is 9.47 Å². The van der Waals surface area contributed by atoms with E-state index in [2.05, 4.69) is 12.1 Å². The normalized spacial score (nSPS) is 16.3. The number of aromatic hydroxyl groups is 1. The Labute approximate surface area is 250 Å². The van der Waals surface area contributed by atoms with Gasteiger partial charge in [-0.1, -0.05) is 42.5 Å². The minimum Gasteiger partial charge on any atom is -0.508 e. The van der Waals surface area contributed by atoms with Crippen LogP contribution in [0.25, 0.3) is 0 Å². The zero-order valence-corrected chi connectivity index (χ0v) is 24.2. The number of phenols is 1. The lowest BCUT2D eigenvalue weighted by atomic mass is 10.0. The summed E-state index contributed by atoms with van der Waals surface area (Å²) in [7, 11) is 1.59. The number of rotatable bonds is 9. The highest BCUT2D eigenvalue weighted by atomic mass is 16.5. The Morgan fingerprint density at radius 2 is 1.56 bits per heavy atom. The van der Waals surface area contributed by atoms with Gasteiger partial charge in [-0.3, -0.25) is 19.3 Å². The molecule has 0 aromatic heterocycles. The van der Waals surface area contributed by atoms with Gasteiger partial charge in [0.25, 0.3) is 17.7 Å². The van der Waals surface area contributed by atoms with Crippen molar-refractivity contribution in [2.24, 2.45) is 0 Å². The van der Waals surface area contributed by atoms with Gasteiger partial charge in [0, 0.05) is 17.3 Å². The Morgan fingerprint density at radius 1 is 0.791 bits per heavy atom. The maximum atomic E-state index is 13.8. The van der Waals surface area contributed by atoms with Crippen LogP contribution >= 0.6 is 0 Å². The van der Waals surface area contributed by atoms with E-state index in [1.54, 1.807) is 18.1 Å². The van der Waals surface area contributed by atoms with Gasteiger partial charge in [0.15, 0.2) is 11.5 Å². The van der Waals surface area contributed by atoms with Gasteiger partial charge >= 0.3 is 0 Å². The SMILES string of the molecule is COc1ccc(N2C(=O)c3cc(CN4C(=O)c5ccc(O)cc5C4=O)ccc3C2C)cc1OC(C)CCc1ccccc1. The molecule has 3 amide bonds. The molecular weight excluding hydrogens is 544 g/mol. The second-order valence-corrected chi connectivity index (χ2v) is 11.0. The number of anilines is 1. The number of fused-ring (bicyclic) bond motifs is 2. The maximum Gasteiger partial charge on any atom is 0.262 e. The molecule has 1 N–H and O–H groups in total. The largest absolute Gasteiger partial charge is 0.508 e. The van der Waals surface area contributed by atoms with Crippen molar-refractivity contribution in [1.29, 1.82) is 0 Å². The quantitative estimate of drug-likeness (QED) is 0.234. The summed E-state index contributed by atoms with van der Waals surface area (Å²) in [6, 6.07) is 25.1. The number of phenolic OH excluding ortho intramolecular Hbond substituents is 1. The summed E-state index contributed by atoms with van der Waals surface area (Å²) in [5, 5.41) is 9.77. The Balaban J connectivity index is 1.20. The summed E-state index contributed by atoms with van der Waals surface area (Å²) >= 11 is 0. The molecule has 0 radical (unpaired) electrons. The molecule has 4 aromatic rings. The number of carbonyl (C=O) groups excluding carboxylic acids is 3. The van der Waals surface area contributed by atoms with Crippen LogP contribution in [0.3, 0.4) is 0 Å². The van der Waals surface area contributed by atoms with Crippen LogP contribution in [0.4, 0.5) is 5.69 Å². The van der Waals surface area contributed by atoms with Crippen LogP contribution in [-0.2, 0) is 13.0 Å². The van der Waals surface area contributed by atoms with E-state index in [1.807, 2.05) is 62.4 Å². The van der Waals surface area contributed by atoms with Crippen molar-refractivity contribution in [1.82, 2.24) is 4.90 Å². The highest BCUT2D eigenvalue weighted by Crippen LogP contribution is 2.41. The number of methoxy groups -OCH3 is 1. The number of ether oxygens (including phenoxy) is 2. The predicted octanol–water partition coefficient (Wildman–Crippen LogP) is 6.32. The van der Waals surface area contributed by atoms with Crippen molar-refractivity contribution < 1.29 is 29.0 Å². The molecule has 218 valence electrons. The van der Waals surface area contributed by atoms with Crippen LogP contribution in [-0.4, -0.2) is 40.9 Å². The van der Waals surface area contributed by atoms with Gasteiger partial charge in [-0.2, -0.15) is 0 Å². The molecule has 2 atom stereocenters. The Bertz CT molecular complexity index is 1730. The molecule has 0 spiro atoms. The molecular formula is C35H32N2O6. The fraction of sp³-hybridized carbons (Fsp3) is 0.229. The fourth-order valence-corrected chi connectivity index (χ4v) is 5.84. The van der Waals surface area contributed by atoms with Crippen LogP contribution in [0.5, 0.6) is 17.2 Å². The third-order valence-electron chi connectivity index (χ3n) is 8.14. The number of aryl methyl sites for hydroxylation is 1. The van der Waals surface area contributed by atoms with E-state index in [1.165, 1.54) is 23.8 Å². The van der Waals surface area contributed by atoms with E-state index in [9.17, 15) is 19.5 Å². The first kappa shape index (κ1) is 28.0. The second-order valence-electron chi connectivity index (χ2n) is 11.0. The second kappa shape index (κ2) is 11.3. The Kier molecular flexibility index (Phi) is 7.36. The third-order valence-corrected chi connectivity index (χ3v) is 8.14. The summed E-state index contributed by atoms with van der Waals surface area (Å²) in [4.78, 5) is 42.5. The van der Waals surface area contributed by atoms with Crippen LogP contribution in [0.15, 0.2) is 84.9 Å². The van der Waals surface area contributed by atoms with Crippen molar-refractivity contribution in [3.8, 4) is 17.2 Å². The summed E-state index contributed by atoms with van der Waals surface area (Å²) in [5.41, 5.74) is 4.40. The monoisotopic (exact) mass is 576 g/mol. The fourth-order valence-electron chi connectivity index (χ4n) is 5.84. The molecule has 2 aliphatic rings. The molecule has 0 fully saturated rings. The van der Waals surface area contributed by atoms with Crippen LogP contribution in [0.2, 0.25) is 0 Å². The Hall–Kier alpha value is -5.11. The first-order chi connectivity index (χ1) is 20.7. The smallest absolute Gasteiger partial charge is 0.262 e. The lowest BCUT2D eigenvalue weighted by Crippen LogP contribution is -2.29. The van der Waals surface area contributed by atoms with Crippen LogP contribution < -0.4 is 14.4 Å². The summed E-state index contributed by atoms with van der Waals surface area (Å²) in [6.45, 7) is 4.00. The molecule has 2 unspecified atom stereocenters. The number of carbonyl (C=O) groups is 3. The molecule has 2 aliphatic heterocycles. The average Bonchev–Trinajstić information content (AvgIpc) is 3.40. The van der Waals surface area contributed by atoms with Crippen molar-refractivity contribution in [3.63, 3.8) is 0 Å². The highest BCUT2D eigenvalue weighted by molar-refractivity contribution is 6.21. The number of imide groups is 1. The van der Waals surface area contributed by atoms with E-state index in [-0.39, 0.29) is 41.5 Å². The van der Waals surface area contributed by atoms with Crippen molar-refractivity contribution in [2.75, 3.05) is 12.0 Å². The van der Waals surface area contributed by atoms with Gasteiger partial charge in [-0.05, 0) is 79.8 Å². The first-order valence-corrected chi connectivity index (χ1v) is 14.3. The van der Waals surface area contributed by atoms with Gasteiger partial charge < -0.3 is 19.5 Å². The number of hydrogen-bond donors (Lipinski definition) is 1. The van der Waals surface area contributed by atoms with E-state index in [0.29, 0.717) is 28.3 Å². The molecule has 43 heavy (non-hydrogen) atoms. The summed E-state index contributed by atoms with van der Waals surface area (Å²) < 4.78 is 11.9. The molecule has 4 aromatic carbocycles. The molecule has 0 saturated heterocycles. The van der Waals surface area contributed by atoms with E-state index in [0.717, 1.165) is 23.3 Å². The lowest BCUT2D eigenvalue weighted by Gasteiger charge is -2.24. The molecule has 6 rings (SSSR count). The highest BCUT2D eigenvalue weighted by Gasteiger charge is 2.38. The third kappa shape index (κ3) is 5.20. The van der Waals surface area contributed by atoms with Gasteiger partial charge in [-0.25, -0.2) is 0 Å². The zero-order valence-electron chi connectivity index (χ0n) is 24.2. The van der Waals surface area contributed by atoms with E-state index < -0.39 is 11.8 Å². The molecule has 8 nitrogen and oxygen atoms in total. The standard InChI is InChI=1S/C35H32N2O6/c1-21(9-10-23-7-5-4-6-8-23)43-32-18-25(12-16-31(32)42-3)37-22(2)27-14-11-24(17-29(27)35(37)41)20-36-33(39)28-15-13-26(38)19-30(28)34(36)40/h4-8,11-19,21-22,38H,9-10,20H2,1-3H3. The van der Waals surface area contributed by atoms with Gasteiger partial charge in [0.2, 0.25) is 0 Å².